The SMILES string of the molecule is O=C1C2CCCCC2C(=O)N1CC(=O)N1CCNCC1c1ccccc1Cl. The maximum atomic E-state index is 13.1. The van der Waals surface area contributed by atoms with E-state index in [0.717, 1.165) is 31.2 Å². The van der Waals surface area contributed by atoms with Gasteiger partial charge < -0.3 is 10.2 Å². The average molecular weight is 390 g/mol. The maximum absolute atomic E-state index is 13.1. The maximum Gasteiger partial charge on any atom is 0.243 e. The second kappa shape index (κ2) is 7.60. The van der Waals surface area contributed by atoms with E-state index in [-0.39, 0.29) is 42.1 Å². The lowest BCUT2D eigenvalue weighted by molar-refractivity contribution is -0.148. The summed E-state index contributed by atoms with van der Waals surface area (Å²) >= 11 is 6.34. The molecule has 4 rings (SSSR count). The van der Waals surface area contributed by atoms with E-state index in [4.69, 9.17) is 11.6 Å². The molecule has 144 valence electrons. The third-order valence-electron chi connectivity index (χ3n) is 6.05. The molecule has 2 saturated heterocycles. The summed E-state index contributed by atoms with van der Waals surface area (Å²) in [5.74, 6) is -0.963. The van der Waals surface area contributed by atoms with Gasteiger partial charge >= 0.3 is 0 Å². The molecule has 1 aliphatic carbocycles. The minimum atomic E-state index is -0.221. The Kier molecular flexibility index (Phi) is 5.19. The Hall–Kier alpha value is -1.92. The van der Waals surface area contributed by atoms with Crippen LogP contribution in [0.5, 0.6) is 0 Å². The molecular weight excluding hydrogens is 366 g/mol. The highest BCUT2D eigenvalue weighted by atomic mass is 35.5. The van der Waals surface area contributed by atoms with Gasteiger partial charge in [-0.3, -0.25) is 19.3 Å². The number of carbonyl (C=O) groups excluding carboxylic acids is 3. The van der Waals surface area contributed by atoms with Gasteiger partial charge in [0, 0.05) is 24.7 Å². The van der Waals surface area contributed by atoms with Gasteiger partial charge in [0.2, 0.25) is 17.7 Å². The molecule has 0 aromatic heterocycles. The Bertz CT molecular complexity index is 745. The number of piperazine rings is 1. The lowest BCUT2D eigenvalue weighted by atomic mass is 9.81. The largest absolute Gasteiger partial charge is 0.331 e. The number of amides is 3. The molecule has 0 bridgehead atoms. The van der Waals surface area contributed by atoms with Gasteiger partial charge in [0.25, 0.3) is 0 Å². The van der Waals surface area contributed by atoms with E-state index < -0.39 is 0 Å². The Balaban J connectivity index is 1.52. The summed E-state index contributed by atoms with van der Waals surface area (Å²) in [6.45, 7) is 1.64. The van der Waals surface area contributed by atoms with Gasteiger partial charge in [0.1, 0.15) is 6.54 Å². The number of likely N-dealkylation sites (tertiary alicyclic amines) is 1. The van der Waals surface area contributed by atoms with Crippen LogP contribution in [0.2, 0.25) is 5.02 Å². The summed E-state index contributed by atoms with van der Waals surface area (Å²) in [4.78, 5) is 41.4. The van der Waals surface area contributed by atoms with Crippen LogP contribution in [0.25, 0.3) is 0 Å². The molecule has 3 amide bonds. The van der Waals surface area contributed by atoms with Crippen molar-refractivity contribution in [1.82, 2.24) is 15.1 Å². The number of nitrogens with one attached hydrogen (secondary N) is 1. The van der Waals surface area contributed by atoms with Crippen molar-refractivity contribution in [3.8, 4) is 0 Å². The van der Waals surface area contributed by atoms with Crippen molar-refractivity contribution >= 4 is 29.3 Å². The van der Waals surface area contributed by atoms with E-state index >= 15 is 0 Å². The van der Waals surface area contributed by atoms with Crippen molar-refractivity contribution in [2.45, 2.75) is 31.7 Å². The molecule has 1 saturated carbocycles. The van der Waals surface area contributed by atoms with Gasteiger partial charge in [-0.2, -0.15) is 0 Å². The van der Waals surface area contributed by atoms with Gasteiger partial charge in [-0.25, -0.2) is 0 Å². The monoisotopic (exact) mass is 389 g/mol. The van der Waals surface area contributed by atoms with E-state index in [1.165, 1.54) is 4.90 Å². The molecule has 0 spiro atoms. The van der Waals surface area contributed by atoms with Crippen LogP contribution in [0.1, 0.15) is 37.3 Å². The number of hydrogen-bond donors (Lipinski definition) is 1. The molecule has 1 N–H and O–H groups in total. The second-order valence-electron chi connectivity index (χ2n) is 7.59. The molecule has 1 aromatic rings. The van der Waals surface area contributed by atoms with E-state index in [9.17, 15) is 14.4 Å². The molecule has 7 heteroatoms. The van der Waals surface area contributed by atoms with Crippen molar-refractivity contribution in [2.24, 2.45) is 11.8 Å². The molecular formula is C20H24ClN3O3. The van der Waals surface area contributed by atoms with Crippen molar-refractivity contribution in [3.05, 3.63) is 34.9 Å². The first kappa shape index (κ1) is 18.4. The fourth-order valence-corrected chi connectivity index (χ4v) is 4.90. The van der Waals surface area contributed by atoms with E-state index in [1.807, 2.05) is 24.3 Å². The number of carbonyl (C=O) groups is 3. The first-order valence-electron chi connectivity index (χ1n) is 9.67. The van der Waals surface area contributed by atoms with Crippen LogP contribution in [0.3, 0.4) is 0 Å². The molecule has 0 radical (unpaired) electrons. The Labute approximate surface area is 163 Å². The minimum absolute atomic E-state index is 0.161. The normalized spacial score (nSPS) is 28.4. The predicted octanol–water partition coefficient (Wildman–Crippen LogP) is 1.99. The van der Waals surface area contributed by atoms with Gasteiger partial charge in [0.15, 0.2) is 0 Å². The lowest BCUT2D eigenvalue weighted by Crippen LogP contribution is -2.52. The molecule has 27 heavy (non-hydrogen) atoms. The molecule has 3 aliphatic rings. The summed E-state index contributed by atoms with van der Waals surface area (Å²) < 4.78 is 0. The van der Waals surface area contributed by atoms with E-state index in [1.54, 1.807) is 4.90 Å². The van der Waals surface area contributed by atoms with Gasteiger partial charge in [-0.15, -0.1) is 0 Å². The molecule has 2 heterocycles. The van der Waals surface area contributed by atoms with Crippen LogP contribution < -0.4 is 5.32 Å². The highest BCUT2D eigenvalue weighted by Crippen LogP contribution is 2.38. The van der Waals surface area contributed by atoms with Crippen LogP contribution in [0.4, 0.5) is 0 Å². The van der Waals surface area contributed by atoms with E-state index in [2.05, 4.69) is 5.32 Å². The summed E-state index contributed by atoms with van der Waals surface area (Å²) in [6, 6.07) is 7.29. The number of benzene rings is 1. The fraction of sp³-hybridized carbons (Fsp3) is 0.550. The highest BCUT2D eigenvalue weighted by molar-refractivity contribution is 6.31. The Morgan fingerprint density at radius 1 is 1.11 bits per heavy atom. The summed E-state index contributed by atoms with van der Waals surface area (Å²) in [6.07, 6.45) is 3.48. The molecule has 1 aromatic carbocycles. The van der Waals surface area contributed by atoms with Gasteiger partial charge in [-0.05, 0) is 24.5 Å². The van der Waals surface area contributed by atoms with Crippen LogP contribution in [-0.4, -0.2) is 53.7 Å². The van der Waals surface area contributed by atoms with E-state index in [0.29, 0.717) is 24.7 Å². The van der Waals surface area contributed by atoms with Crippen LogP contribution in [0, 0.1) is 11.8 Å². The third kappa shape index (κ3) is 3.36. The zero-order valence-electron chi connectivity index (χ0n) is 15.2. The quantitative estimate of drug-likeness (QED) is 0.802. The van der Waals surface area contributed by atoms with Crippen molar-refractivity contribution in [2.75, 3.05) is 26.2 Å². The Morgan fingerprint density at radius 2 is 1.78 bits per heavy atom. The predicted molar refractivity (Wildman–Crippen MR) is 101 cm³/mol. The van der Waals surface area contributed by atoms with Gasteiger partial charge in [0.05, 0.1) is 17.9 Å². The molecule has 3 atom stereocenters. The number of rotatable bonds is 3. The van der Waals surface area contributed by atoms with Crippen LogP contribution in [0.15, 0.2) is 24.3 Å². The lowest BCUT2D eigenvalue weighted by Gasteiger charge is -2.37. The average Bonchev–Trinajstić information content (AvgIpc) is 2.93. The summed E-state index contributed by atoms with van der Waals surface area (Å²) in [7, 11) is 0. The van der Waals surface area contributed by atoms with Crippen molar-refractivity contribution in [1.29, 1.82) is 0 Å². The standard InChI is InChI=1S/C20H24ClN3O3/c21-16-8-4-3-7-15(16)17-11-22-9-10-23(17)18(25)12-24-19(26)13-5-1-2-6-14(13)20(24)27/h3-4,7-8,13-14,17,22H,1-2,5-6,9-12H2. The first-order chi connectivity index (χ1) is 13.1. The molecule has 6 nitrogen and oxygen atoms in total. The van der Waals surface area contributed by atoms with Gasteiger partial charge in [-0.1, -0.05) is 42.6 Å². The highest BCUT2D eigenvalue weighted by Gasteiger charge is 2.49. The van der Waals surface area contributed by atoms with Crippen molar-refractivity contribution < 1.29 is 14.4 Å². The smallest absolute Gasteiger partial charge is 0.243 e. The number of fused-ring (bicyclic) bond motifs is 1. The topological polar surface area (TPSA) is 69.7 Å². The number of halogens is 1. The fourth-order valence-electron chi connectivity index (χ4n) is 4.64. The number of imide groups is 1. The van der Waals surface area contributed by atoms with Crippen LogP contribution >= 0.6 is 11.6 Å². The zero-order valence-corrected chi connectivity index (χ0v) is 16.0. The first-order valence-corrected chi connectivity index (χ1v) is 10.1. The Morgan fingerprint density at radius 3 is 2.44 bits per heavy atom. The molecule has 3 fully saturated rings. The number of hydrogen-bond acceptors (Lipinski definition) is 4. The third-order valence-corrected chi connectivity index (χ3v) is 6.40. The second-order valence-corrected chi connectivity index (χ2v) is 8.00. The summed E-state index contributed by atoms with van der Waals surface area (Å²) in [5.41, 5.74) is 0.882. The minimum Gasteiger partial charge on any atom is -0.331 e. The molecule has 2 aliphatic heterocycles. The van der Waals surface area contributed by atoms with Crippen molar-refractivity contribution in [3.63, 3.8) is 0 Å². The summed E-state index contributed by atoms with van der Waals surface area (Å²) in [5, 5.41) is 3.91. The van der Waals surface area contributed by atoms with Crippen LogP contribution in [-0.2, 0) is 14.4 Å². The zero-order chi connectivity index (χ0) is 19.0. The molecule has 3 unspecified atom stereocenters. The number of nitrogens with zero attached hydrogens (tertiary/aromatic N) is 2.